The van der Waals surface area contributed by atoms with Crippen molar-refractivity contribution in [1.82, 2.24) is 5.32 Å². The van der Waals surface area contributed by atoms with Crippen molar-refractivity contribution >= 4 is 40.9 Å². The molecule has 36 heavy (non-hydrogen) atoms. The molecule has 1 aliphatic heterocycles. The van der Waals surface area contributed by atoms with E-state index in [-0.39, 0.29) is 35.0 Å². The number of amides is 2. The Kier molecular flexibility index (Phi) is 7.09. The number of carbonyl (C=O) groups excluding carboxylic acids is 2. The lowest BCUT2D eigenvalue weighted by Crippen LogP contribution is -2.43. The summed E-state index contributed by atoms with van der Waals surface area (Å²) in [6.45, 7) is 4.38. The van der Waals surface area contributed by atoms with E-state index in [0.717, 1.165) is 22.6 Å². The van der Waals surface area contributed by atoms with Crippen LogP contribution in [-0.4, -0.2) is 17.9 Å². The highest BCUT2D eigenvalue weighted by atomic mass is 35.5. The Morgan fingerprint density at radius 1 is 1.08 bits per heavy atom. The minimum absolute atomic E-state index is 0.0471. The van der Waals surface area contributed by atoms with E-state index in [2.05, 4.69) is 19.2 Å². The first kappa shape index (κ1) is 24.8. The van der Waals surface area contributed by atoms with Gasteiger partial charge in [0.05, 0.1) is 17.8 Å². The third-order valence-electron chi connectivity index (χ3n) is 7.50. The molecule has 0 radical (unpaired) electrons. The topological polar surface area (TPSA) is 49.4 Å². The van der Waals surface area contributed by atoms with Crippen molar-refractivity contribution in [3.8, 4) is 0 Å². The van der Waals surface area contributed by atoms with Crippen LogP contribution in [0.4, 0.5) is 10.1 Å². The average molecular weight is 523 g/mol. The zero-order chi connectivity index (χ0) is 25.4. The monoisotopic (exact) mass is 522 g/mol. The fraction of sp³-hybridized carbons (Fsp3) is 0.310. The maximum atomic E-state index is 14.8. The van der Waals surface area contributed by atoms with Crippen LogP contribution in [0.2, 0.25) is 5.02 Å². The molecule has 186 valence electrons. The Morgan fingerprint density at radius 2 is 1.89 bits per heavy atom. The maximum Gasteiger partial charge on any atom is 0.259 e. The molecule has 0 saturated heterocycles. The number of anilines is 1. The van der Waals surface area contributed by atoms with Gasteiger partial charge in [0.1, 0.15) is 5.82 Å². The summed E-state index contributed by atoms with van der Waals surface area (Å²) in [5, 5.41) is 3.47. The van der Waals surface area contributed by atoms with Gasteiger partial charge in [0.25, 0.3) is 11.8 Å². The smallest absolute Gasteiger partial charge is 0.259 e. The molecule has 2 aliphatic rings. The molecule has 1 fully saturated rings. The van der Waals surface area contributed by atoms with Crippen LogP contribution in [0.15, 0.2) is 70.5 Å². The summed E-state index contributed by atoms with van der Waals surface area (Å²) >= 11 is 7.80. The second-order valence-electron chi connectivity index (χ2n) is 9.72. The second-order valence-corrected chi connectivity index (χ2v) is 11.2. The fourth-order valence-corrected chi connectivity index (χ4v) is 6.38. The van der Waals surface area contributed by atoms with Gasteiger partial charge in [-0.1, -0.05) is 68.3 Å². The third-order valence-corrected chi connectivity index (χ3v) is 8.99. The third kappa shape index (κ3) is 4.76. The summed E-state index contributed by atoms with van der Waals surface area (Å²) in [5.41, 5.74) is 1.81. The van der Waals surface area contributed by atoms with Crippen molar-refractivity contribution in [1.29, 1.82) is 0 Å². The number of rotatable bonds is 4. The molecule has 3 aromatic carbocycles. The van der Waals surface area contributed by atoms with Crippen molar-refractivity contribution in [3.63, 3.8) is 0 Å². The molecule has 3 atom stereocenters. The number of carbonyl (C=O) groups is 2. The minimum atomic E-state index is -0.476. The van der Waals surface area contributed by atoms with Crippen LogP contribution < -0.4 is 10.2 Å². The van der Waals surface area contributed by atoms with E-state index in [1.807, 2.05) is 24.3 Å². The quantitative estimate of drug-likeness (QED) is 0.390. The van der Waals surface area contributed by atoms with Gasteiger partial charge < -0.3 is 10.2 Å². The zero-order valence-electron chi connectivity index (χ0n) is 20.3. The van der Waals surface area contributed by atoms with Gasteiger partial charge in [-0.15, -0.1) is 0 Å². The molecule has 2 amide bonds. The van der Waals surface area contributed by atoms with Gasteiger partial charge in [0, 0.05) is 32.0 Å². The highest BCUT2D eigenvalue weighted by molar-refractivity contribution is 7.99. The van der Waals surface area contributed by atoms with Crippen LogP contribution in [0.5, 0.6) is 0 Å². The van der Waals surface area contributed by atoms with Crippen molar-refractivity contribution in [3.05, 3.63) is 88.2 Å². The lowest BCUT2D eigenvalue weighted by molar-refractivity contribution is 0.0889. The Hall–Kier alpha value is -2.83. The van der Waals surface area contributed by atoms with Gasteiger partial charge in [-0.3, -0.25) is 9.59 Å². The Labute approximate surface area is 220 Å². The fourth-order valence-electron chi connectivity index (χ4n) is 5.10. The molecule has 1 saturated carbocycles. The lowest BCUT2D eigenvalue weighted by Gasteiger charge is -2.34. The van der Waals surface area contributed by atoms with E-state index in [4.69, 9.17) is 11.6 Å². The molecule has 1 heterocycles. The maximum absolute atomic E-state index is 14.8. The van der Waals surface area contributed by atoms with E-state index in [0.29, 0.717) is 28.7 Å². The molecule has 4 nitrogen and oxygen atoms in total. The zero-order valence-corrected chi connectivity index (χ0v) is 21.8. The van der Waals surface area contributed by atoms with Gasteiger partial charge in [-0.05, 0) is 60.7 Å². The number of hydrogen-bond acceptors (Lipinski definition) is 3. The predicted octanol–water partition coefficient (Wildman–Crippen LogP) is 7.35. The SMILES string of the molecule is C[C@@H]1[C@H](C)CCC[C@H]1NC(=O)c1ccc2c(c1)N(Cc1c(F)cccc1Cl)C(=O)c1ccccc1S2. The summed E-state index contributed by atoms with van der Waals surface area (Å²) in [6, 6.07) is 17.4. The van der Waals surface area contributed by atoms with Crippen molar-refractivity contribution < 1.29 is 14.0 Å². The first-order valence-corrected chi connectivity index (χ1v) is 13.5. The highest BCUT2D eigenvalue weighted by Gasteiger charge is 2.31. The first-order valence-electron chi connectivity index (χ1n) is 12.3. The Morgan fingerprint density at radius 3 is 2.69 bits per heavy atom. The molecule has 5 rings (SSSR count). The van der Waals surface area contributed by atoms with Gasteiger partial charge in [-0.2, -0.15) is 0 Å². The van der Waals surface area contributed by atoms with E-state index in [9.17, 15) is 14.0 Å². The molecule has 3 aromatic rings. The standard InChI is InChI=1S/C29H28ClFN2O2S/c1-17-7-5-11-24(18(17)2)32-28(34)19-13-14-27-25(15-19)33(16-21-22(30)9-6-10-23(21)31)29(35)20-8-3-4-12-26(20)36-27/h3-4,6,8-10,12-15,17-18,24H,5,7,11,16H2,1-2H3,(H,32,34)/t17-,18-,24-/m1/s1. The molecule has 0 unspecified atom stereocenters. The van der Waals surface area contributed by atoms with E-state index < -0.39 is 5.82 Å². The second kappa shape index (κ2) is 10.3. The number of nitrogens with zero attached hydrogens (tertiary/aromatic N) is 1. The predicted molar refractivity (Wildman–Crippen MR) is 142 cm³/mol. The molecule has 0 bridgehead atoms. The summed E-state index contributed by atoms with van der Waals surface area (Å²) in [4.78, 5) is 30.2. The molecular weight excluding hydrogens is 495 g/mol. The molecule has 1 aliphatic carbocycles. The van der Waals surface area contributed by atoms with Crippen LogP contribution >= 0.6 is 23.4 Å². The van der Waals surface area contributed by atoms with Crippen molar-refractivity contribution in [2.75, 3.05) is 4.90 Å². The van der Waals surface area contributed by atoms with Crippen LogP contribution in [0, 0.1) is 17.7 Å². The van der Waals surface area contributed by atoms with Gasteiger partial charge in [0.2, 0.25) is 0 Å². The Bertz CT molecular complexity index is 1310. The molecule has 7 heteroatoms. The average Bonchev–Trinajstić information content (AvgIpc) is 2.98. The number of benzene rings is 3. The van der Waals surface area contributed by atoms with Crippen molar-refractivity contribution in [2.24, 2.45) is 11.8 Å². The minimum Gasteiger partial charge on any atom is -0.349 e. The molecular formula is C29H28ClFN2O2S. The normalized spacial score (nSPS) is 21.4. The van der Waals surface area contributed by atoms with Crippen LogP contribution in [0.3, 0.4) is 0 Å². The molecule has 0 aromatic heterocycles. The number of halogens is 2. The van der Waals surface area contributed by atoms with Gasteiger partial charge >= 0.3 is 0 Å². The number of fused-ring (bicyclic) bond motifs is 2. The van der Waals surface area contributed by atoms with E-state index in [1.54, 1.807) is 30.3 Å². The van der Waals surface area contributed by atoms with E-state index >= 15 is 0 Å². The summed E-state index contributed by atoms with van der Waals surface area (Å²) in [5.74, 6) is 0.0612. The summed E-state index contributed by atoms with van der Waals surface area (Å²) in [6.07, 6.45) is 3.24. The van der Waals surface area contributed by atoms with E-state index in [1.165, 1.54) is 29.1 Å². The number of hydrogen-bond donors (Lipinski definition) is 1. The number of nitrogens with one attached hydrogen (secondary N) is 1. The Balaban J connectivity index is 1.53. The largest absolute Gasteiger partial charge is 0.349 e. The van der Waals surface area contributed by atoms with Crippen LogP contribution in [0.1, 0.15) is 59.4 Å². The van der Waals surface area contributed by atoms with Crippen LogP contribution in [0.25, 0.3) is 0 Å². The van der Waals surface area contributed by atoms with Crippen LogP contribution in [-0.2, 0) is 6.54 Å². The molecule has 1 N–H and O–H groups in total. The van der Waals surface area contributed by atoms with Crippen molar-refractivity contribution in [2.45, 2.75) is 55.5 Å². The molecule has 0 spiro atoms. The highest BCUT2D eigenvalue weighted by Crippen LogP contribution is 2.43. The lowest BCUT2D eigenvalue weighted by atomic mass is 9.78. The van der Waals surface area contributed by atoms with Gasteiger partial charge in [-0.25, -0.2) is 4.39 Å². The summed E-state index contributed by atoms with van der Waals surface area (Å²) < 4.78 is 14.8. The summed E-state index contributed by atoms with van der Waals surface area (Å²) in [7, 11) is 0. The first-order chi connectivity index (χ1) is 17.3. The van der Waals surface area contributed by atoms with Gasteiger partial charge in [0.15, 0.2) is 0 Å².